The van der Waals surface area contributed by atoms with Crippen molar-refractivity contribution in [2.45, 2.75) is 71.6 Å². The van der Waals surface area contributed by atoms with E-state index in [1.807, 2.05) is 7.05 Å². The number of rotatable bonds is 1. The molecule has 0 saturated heterocycles. The van der Waals surface area contributed by atoms with Crippen LogP contribution < -0.4 is 5.32 Å². The highest BCUT2D eigenvalue weighted by Gasteiger charge is 2.58. The number of nitrogens with one attached hydrogen (secondary N) is 1. The molecule has 0 aromatic heterocycles. The first-order chi connectivity index (χ1) is 12.0. The molecule has 4 aliphatic rings. The Bertz CT molecular complexity index is 479. The molecule has 0 aromatic rings. The number of amides is 1. The van der Waals surface area contributed by atoms with Crippen molar-refractivity contribution in [1.82, 2.24) is 5.32 Å². The minimum Gasteiger partial charge on any atom is -0.400 e. The summed E-state index contributed by atoms with van der Waals surface area (Å²) in [7, 11) is 2.82. The van der Waals surface area contributed by atoms with Crippen LogP contribution in [0, 0.1) is 46.8 Å². The monoisotopic (exact) mass is 349 g/mol. The molecule has 8 atom stereocenters. The lowest BCUT2D eigenvalue weighted by Gasteiger charge is -2.56. The Hall–Kier alpha value is -0.570. The Morgan fingerprint density at radius 3 is 2.40 bits per heavy atom. The molecule has 144 valence electrons. The number of fused-ring (bicyclic) bond motifs is 5. The molecular formula is C22H39NO2. The average molecular weight is 350 g/mol. The quantitative estimate of drug-likeness (QED) is 0.743. The van der Waals surface area contributed by atoms with E-state index in [0.717, 1.165) is 49.0 Å². The van der Waals surface area contributed by atoms with E-state index in [1.165, 1.54) is 51.4 Å². The van der Waals surface area contributed by atoms with Gasteiger partial charge in [-0.25, -0.2) is 0 Å². The summed E-state index contributed by atoms with van der Waals surface area (Å²) in [6, 6.07) is 0. The first-order valence-corrected chi connectivity index (χ1v) is 10.7. The maximum absolute atomic E-state index is 12.4. The van der Waals surface area contributed by atoms with Crippen molar-refractivity contribution in [3.63, 3.8) is 0 Å². The highest BCUT2D eigenvalue weighted by molar-refractivity contribution is 5.79. The van der Waals surface area contributed by atoms with Gasteiger partial charge in [-0.2, -0.15) is 0 Å². The molecule has 0 spiro atoms. The van der Waals surface area contributed by atoms with Crippen molar-refractivity contribution in [2.75, 3.05) is 14.2 Å². The molecule has 4 fully saturated rings. The number of hydrogen-bond acceptors (Lipinski definition) is 2. The molecule has 0 aromatic carbocycles. The van der Waals surface area contributed by atoms with Gasteiger partial charge in [-0.15, -0.1) is 0 Å². The lowest BCUT2D eigenvalue weighted by atomic mass is 9.49. The molecule has 0 aliphatic heterocycles. The van der Waals surface area contributed by atoms with Crippen molar-refractivity contribution in [3.8, 4) is 0 Å². The lowest BCUT2D eigenvalue weighted by Crippen LogP contribution is -2.50. The van der Waals surface area contributed by atoms with Gasteiger partial charge in [-0.1, -0.05) is 20.3 Å². The van der Waals surface area contributed by atoms with Gasteiger partial charge < -0.3 is 10.4 Å². The molecule has 3 heteroatoms. The van der Waals surface area contributed by atoms with Gasteiger partial charge in [0.15, 0.2) is 0 Å². The topological polar surface area (TPSA) is 49.3 Å². The third-order valence-electron chi connectivity index (χ3n) is 8.78. The Balaban J connectivity index is 0.000000880. The molecule has 2 N–H and O–H groups in total. The van der Waals surface area contributed by atoms with Crippen LogP contribution in [0.15, 0.2) is 0 Å². The van der Waals surface area contributed by atoms with E-state index in [0.29, 0.717) is 5.91 Å². The molecule has 25 heavy (non-hydrogen) atoms. The lowest BCUT2D eigenvalue weighted by molar-refractivity contribution is -0.132. The van der Waals surface area contributed by atoms with E-state index in [1.54, 1.807) is 0 Å². The Labute approximate surface area is 154 Å². The van der Waals surface area contributed by atoms with Crippen molar-refractivity contribution in [2.24, 2.45) is 46.8 Å². The minimum absolute atomic E-state index is 0.280. The molecule has 0 bridgehead atoms. The van der Waals surface area contributed by atoms with E-state index < -0.39 is 0 Å². The smallest absolute Gasteiger partial charge is 0.223 e. The van der Waals surface area contributed by atoms with Gasteiger partial charge in [0.1, 0.15) is 0 Å². The van der Waals surface area contributed by atoms with Crippen LogP contribution in [0.3, 0.4) is 0 Å². The zero-order chi connectivity index (χ0) is 18.2. The molecule has 4 aliphatic carbocycles. The first kappa shape index (κ1) is 19.2. The molecule has 0 radical (unpaired) electrons. The van der Waals surface area contributed by atoms with Gasteiger partial charge in [-0.3, -0.25) is 4.79 Å². The predicted molar refractivity (Wildman–Crippen MR) is 102 cm³/mol. The van der Waals surface area contributed by atoms with E-state index >= 15 is 0 Å². The van der Waals surface area contributed by atoms with Crippen LogP contribution in [0.4, 0.5) is 0 Å². The molecule has 3 nitrogen and oxygen atoms in total. The van der Waals surface area contributed by atoms with Crippen LogP contribution in [0.25, 0.3) is 0 Å². The highest BCUT2D eigenvalue weighted by Crippen LogP contribution is 2.64. The molecule has 4 rings (SSSR count). The average Bonchev–Trinajstić information content (AvgIpc) is 2.99. The highest BCUT2D eigenvalue weighted by atomic mass is 16.2. The van der Waals surface area contributed by atoms with Crippen molar-refractivity contribution in [1.29, 1.82) is 0 Å². The van der Waals surface area contributed by atoms with Crippen molar-refractivity contribution in [3.05, 3.63) is 0 Å². The Morgan fingerprint density at radius 2 is 1.68 bits per heavy atom. The maximum atomic E-state index is 12.4. The fraction of sp³-hybridized carbons (Fsp3) is 0.955. The van der Waals surface area contributed by atoms with Crippen LogP contribution in [0.1, 0.15) is 71.6 Å². The van der Waals surface area contributed by atoms with Crippen LogP contribution in [-0.2, 0) is 4.79 Å². The summed E-state index contributed by atoms with van der Waals surface area (Å²) in [5.74, 6) is 6.35. The number of aliphatic hydroxyl groups is 1. The second-order valence-corrected chi connectivity index (χ2v) is 9.64. The minimum atomic E-state index is 0.280. The van der Waals surface area contributed by atoms with E-state index in [-0.39, 0.29) is 11.3 Å². The number of carbonyl (C=O) groups excluding carboxylic acids is 1. The van der Waals surface area contributed by atoms with E-state index in [9.17, 15) is 4.79 Å². The predicted octanol–water partition coefficient (Wildman–Crippen LogP) is 4.25. The summed E-state index contributed by atoms with van der Waals surface area (Å²) in [5.41, 5.74) is 0.288. The number of carbonyl (C=O) groups is 1. The summed E-state index contributed by atoms with van der Waals surface area (Å²) in [4.78, 5) is 12.4. The Kier molecular flexibility index (Phi) is 5.82. The summed E-state index contributed by atoms with van der Waals surface area (Å²) < 4.78 is 0. The van der Waals surface area contributed by atoms with Gasteiger partial charge in [0, 0.05) is 20.1 Å². The zero-order valence-corrected chi connectivity index (χ0v) is 16.8. The molecule has 0 heterocycles. The van der Waals surface area contributed by atoms with Gasteiger partial charge >= 0.3 is 0 Å². The molecule has 1 amide bonds. The molecular weight excluding hydrogens is 310 g/mol. The van der Waals surface area contributed by atoms with Gasteiger partial charge in [0.2, 0.25) is 5.91 Å². The normalized spacial score (nSPS) is 48.3. The number of aliphatic hydroxyl groups excluding tert-OH is 1. The second-order valence-electron chi connectivity index (χ2n) is 9.64. The summed E-state index contributed by atoms with van der Waals surface area (Å²) in [5, 5.41) is 9.95. The van der Waals surface area contributed by atoms with Gasteiger partial charge in [-0.05, 0) is 92.3 Å². The van der Waals surface area contributed by atoms with Gasteiger partial charge in [0.25, 0.3) is 0 Å². The van der Waals surface area contributed by atoms with Crippen molar-refractivity contribution < 1.29 is 9.90 Å². The zero-order valence-electron chi connectivity index (χ0n) is 16.8. The van der Waals surface area contributed by atoms with Crippen LogP contribution in [0.5, 0.6) is 0 Å². The third-order valence-corrected chi connectivity index (χ3v) is 8.78. The molecule has 8 unspecified atom stereocenters. The largest absolute Gasteiger partial charge is 0.400 e. The molecule has 4 saturated carbocycles. The number of hydrogen-bond donors (Lipinski definition) is 2. The van der Waals surface area contributed by atoms with Crippen molar-refractivity contribution >= 4 is 5.91 Å². The Morgan fingerprint density at radius 1 is 0.960 bits per heavy atom. The maximum Gasteiger partial charge on any atom is 0.223 e. The summed E-state index contributed by atoms with van der Waals surface area (Å²) in [6.45, 7) is 4.92. The van der Waals surface area contributed by atoms with Crippen LogP contribution in [-0.4, -0.2) is 25.2 Å². The van der Waals surface area contributed by atoms with Crippen LogP contribution in [0.2, 0.25) is 0 Å². The van der Waals surface area contributed by atoms with Gasteiger partial charge in [0.05, 0.1) is 0 Å². The summed E-state index contributed by atoms with van der Waals surface area (Å²) in [6.07, 6.45) is 12.5. The summed E-state index contributed by atoms with van der Waals surface area (Å²) >= 11 is 0. The van der Waals surface area contributed by atoms with Crippen LogP contribution >= 0.6 is 0 Å². The van der Waals surface area contributed by atoms with E-state index in [2.05, 4.69) is 19.2 Å². The standard InChI is InChI=1S/C21H35NO.CH4O/c1-13-4-6-15-14(12-13)5-7-17-16(15)10-11-21(2)18(17)8-9-19(21)20(23)22-3;1-2/h13-19H,4-12H2,1-3H3,(H,22,23);2H,1H3. The van der Waals surface area contributed by atoms with E-state index in [4.69, 9.17) is 5.11 Å². The SMILES string of the molecule is CNC(=O)C1CCC2C3CCC4CC(C)CCC4C3CCC12C.CO. The fourth-order valence-corrected chi connectivity index (χ4v) is 7.69. The fourth-order valence-electron chi connectivity index (χ4n) is 7.69. The second kappa shape index (κ2) is 7.58. The third kappa shape index (κ3) is 3.15. The first-order valence-electron chi connectivity index (χ1n) is 10.7.